The molecule has 2 aliphatic rings. The molecule has 0 aliphatic carbocycles. The van der Waals surface area contributed by atoms with Crippen molar-refractivity contribution in [3.8, 4) is 0 Å². The molecule has 0 bridgehead atoms. The second kappa shape index (κ2) is 24.1. The third-order valence-corrected chi connectivity index (χ3v) is 19.2. The van der Waals surface area contributed by atoms with E-state index in [1.807, 2.05) is 220 Å². The van der Waals surface area contributed by atoms with Crippen LogP contribution in [0.5, 0.6) is 0 Å². The Morgan fingerprint density at radius 3 is 1.49 bits per heavy atom. The van der Waals surface area contributed by atoms with Crippen molar-refractivity contribution in [3.63, 3.8) is 0 Å². The van der Waals surface area contributed by atoms with Crippen LogP contribution in [0.3, 0.4) is 0 Å². The van der Waals surface area contributed by atoms with E-state index >= 15 is 9.59 Å². The van der Waals surface area contributed by atoms with E-state index in [4.69, 9.17) is 31.6 Å². The Morgan fingerprint density at radius 1 is 0.643 bits per heavy atom. The Balaban J connectivity index is 1.00. The molecule has 0 radical (unpaired) electrons. The van der Waals surface area contributed by atoms with Gasteiger partial charge in [0.2, 0.25) is 5.60 Å². The minimum Gasteiger partial charge on any atom is -0.477 e. The van der Waals surface area contributed by atoms with Gasteiger partial charge in [0.1, 0.15) is 27.3 Å². The molecule has 15 heteroatoms. The Morgan fingerprint density at radius 2 is 1.07 bits per heavy atom. The van der Waals surface area contributed by atoms with Crippen molar-refractivity contribution in [1.82, 2.24) is 20.2 Å². The monoisotopic (exact) mass is 1180 g/mol. The van der Waals surface area contributed by atoms with Gasteiger partial charge in [0.25, 0.3) is 11.8 Å². The molecule has 1 saturated heterocycles. The number of β-lactam (4-membered cyclic amide) rings is 1. The van der Waals surface area contributed by atoms with Gasteiger partial charge in [-0.05, 0) is 48.1 Å². The highest BCUT2D eigenvalue weighted by Crippen LogP contribution is 2.53. The van der Waals surface area contributed by atoms with Gasteiger partial charge in [-0.2, -0.15) is 0 Å². The maximum atomic E-state index is 15.9. The number of carbonyl (C=O) groups is 3. The first kappa shape index (κ1) is 55.6. The summed E-state index contributed by atoms with van der Waals surface area (Å²) in [5.74, 6) is -3.53. The number of nitrogens with zero attached hydrogens (tertiary/aromatic N) is 4. The molecule has 10 aromatic rings. The number of rotatable bonds is 19. The van der Waals surface area contributed by atoms with Crippen molar-refractivity contribution in [2.24, 2.45) is 11.1 Å². The van der Waals surface area contributed by atoms with Crippen LogP contribution in [0.2, 0.25) is 4.34 Å². The molecular weight excluding hydrogens is 1120 g/mol. The molecule has 2 aromatic heterocycles. The number of halogens is 1. The molecule has 8 aromatic carbocycles. The number of aryl methyl sites for hydroxylation is 2. The summed E-state index contributed by atoms with van der Waals surface area (Å²) < 4.78 is 0.780. The lowest BCUT2D eigenvalue weighted by Crippen LogP contribution is -2.73. The van der Waals surface area contributed by atoms with E-state index < -0.39 is 46.9 Å². The number of fused-ring (bicyclic) bond motifs is 1. The van der Waals surface area contributed by atoms with Gasteiger partial charge in [-0.1, -0.05) is 283 Å². The van der Waals surface area contributed by atoms with E-state index in [0.29, 0.717) is 31.1 Å². The Hall–Kier alpha value is -8.92. The van der Waals surface area contributed by atoms with Gasteiger partial charge in [-0.25, -0.2) is 14.8 Å². The van der Waals surface area contributed by atoms with Crippen LogP contribution < -0.4 is 10.6 Å². The predicted molar refractivity (Wildman–Crippen MR) is 334 cm³/mol. The highest BCUT2D eigenvalue weighted by atomic mass is 35.5. The lowest BCUT2D eigenvalue weighted by atomic mass is 9.71. The molecule has 3 atom stereocenters. The average Bonchev–Trinajstić information content (AvgIpc) is 1.59. The number of hydrogen-bond donors (Lipinski definition) is 3. The highest BCUT2D eigenvalue weighted by molar-refractivity contribution is 8.04. The lowest BCUT2D eigenvalue weighted by molar-refractivity contribution is -0.156. The predicted octanol–water partition coefficient (Wildman–Crippen LogP) is 14.6. The Kier molecular flexibility index (Phi) is 16.0. The van der Waals surface area contributed by atoms with Crippen LogP contribution in [-0.4, -0.2) is 55.6 Å². The zero-order valence-corrected chi connectivity index (χ0v) is 48.8. The fourth-order valence-corrected chi connectivity index (χ4v) is 15.3. The topological polar surface area (TPSA) is 146 Å². The van der Waals surface area contributed by atoms with Crippen LogP contribution in [0.4, 0.5) is 5.13 Å². The molecule has 1 unspecified atom stereocenters. The largest absolute Gasteiger partial charge is 0.477 e. The van der Waals surface area contributed by atoms with Crippen LogP contribution in [0.1, 0.15) is 73.1 Å². The van der Waals surface area contributed by atoms with Crippen LogP contribution in [0.25, 0.3) is 0 Å². The third-order valence-electron chi connectivity index (χ3n) is 15.7. The average molecular weight is 1180 g/mol. The smallest absolute Gasteiger partial charge is 0.353 e. The Bertz CT molecular complexity index is 3770. The number of carboxylic acids is 1. The first-order valence-electron chi connectivity index (χ1n) is 27.4. The molecule has 1 fully saturated rings. The number of thioether (sulfide) groups is 1. The van der Waals surface area contributed by atoms with Gasteiger partial charge in [-0.15, -0.1) is 11.3 Å². The van der Waals surface area contributed by atoms with E-state index in [-0.39, 0.29) is 33.8 Å². The lowest BCUT2D eigenvalue weighted by Gasteiger charge is -2.53. The molecule has 416 valence electrons. The summed E-state index contributed by atoms with van der Waals surface area (Å²) >= 11 is 11.3. The maximum absolute atomic E-state index is 15.9. The van der Waals surface area contributed by atoms with E-state index in [0.717, 1.165) is 49.7 Å². The molecule has 11 nitrogen and oxygen atoms in total. The molecule has 0 saturated carbocycles. The van der Waals surface area contributed by atoms with E-state index in [2.05, 4.69) is 47.0 Å². The van der Waals surface area contributed by atoms with Crippen LogP contribution in [0.15, 0.2) is 263 Å². The minimum atomic E-state index is -1.45. The van der Waals surface area contributed by atoms with Crippen molar-refractivity contribution >= 4 is 74.7 Å². The number of benzene rings is 8. The van der Waals surface area contributed by atoms with Crippen molar-refractivity contribution in [1.29, 1.82) is 0 Å². The summed E-state index contributed by atoms with van der Waals surface area (Å²) in [5.41, 5.74) is 4.71. The maximum Gasteiger partial charge on any atom is 0.353 e. The zero-order chi connectivity index (χ0) is 57.8. The number of carbonyl (C=O) groups excluding carboxylic acids is 2. The summed E-state index contributed by atoms with van der Waals surface area (Å²) in [6.45, 7) is 3.91. The number of oxime groups is 1. The molecular formula is C69H55ClN6O5S3. The molecule has 84 heavy (non-hydrogen) atoms. The standard InChI is InChI=1S/C69H55ClN6O5S3/c1-44-45(2)82-67(71-44)83-61-54(56(46-27-11-3-12-28-46)47-29-13-4-14-30-47)43-55-57(64(78)76(55)60(61)65(79)80)72-63(77)59(75-81-69(51-37-21-8-22-38-51,52-39-23-9-24-40-52)53-41-25-10-26-42-53)58-62(70)84-66(73-58)74-68(48-31-15-5-16-32-48,49-33-17-6-18-34-49)50-35-19-7-20-36-50/h3-42,54-57H,43H2,1-2H3,(H,72,77)(H,73,74)(H,79,80)/t54?,55-,57+/m1/s1. The highest BCUT2D eigenvalue weighted by Gasteiger charge is 2.57. The first-order chi connectivity index (χ1) is 41.0. The van der Waals surface area contributed by atoms with Gasteiger partial charge >= 0.3 is 5.97 Å². The second-order valence-corrected chi connectivity index (χ2v) is 24.6. The zero-order valence-electron chi connectivity index (χ0n) is 45.6. The summed E-state index contributed by atoms with van der Waals surface area (Å²) in [6, 6.07) is 77.0. The number of amides is 2. The molecule has 4 heterocycles. The number of aliphatic carboxylic acids is 1. The van der Waals surface area contributed by atoms with Crippen molar-refractivity contribution in [2.75, 3.05) is 5.32 Å². The van der Waals surface area contributed by atoms with Crippen molar-refractivity contribution in [2.45, 2.75) is 53.7 Å². The molecule has 12 rings (SSSR count). The van der Waals surface area contributed by atoms with Crippen molar-refractivity contribution < 1.29 is 24.3 Å². The summed E-state index contributed by atoms with van der Waals surface area (Å²) in [7, 11) is 0. The SMILES string of the molecule is Cc1nc(SC2=C(C(=O)O)N3C(=O)[C@@H](NC(=O)C(=NOC(c4ccccc4)(c4ccccc4)c4ccccc4)c4nc(NC(c5ccccc5)(c5ccccc5)c5ccccc5)sc4Cl)[C@H]3CC2C(c2ccccc2)c2ccccc2)sc1C. The van der Waals surface area contributed by atoms with Gasteiger partial charge in [0.15, 0.2) is 15.2 Å². The fourth-order valence-electron chi connectivity index (χ4n) is 11.7. The number of allylic oxidation sites excluding steroid dienone is 1. The first-order valence-corrected chi connectivity index (χ1v) is 30.2. The minimum absolute atomic E-state index is 0.00922. The third kappa shape index (κ3) is 10.5. The molecule has 2 amide bonds. The Labute approximate surface area is 504 Å². The molecule has 2 aliphatic heterocycles. The fraction of sp³-hybridized carbons (Fsp3) is 0.130. The van der Waals surface area contributed by atoms with Crippen LogP contribution >= 0.6 is 46.0 Å². The van der Waals surface area contributed by atoms with Crippen LogP contribution in [-0.2, 0) is 30.4 Å². The number of carboxylic acid groups (broad SMARTS) is 1. The number of anilines is 1. The van der Waals surface area contributed by atoms with E-state index in [1.165, 1.54) is 28.0 Å². The normalized spacial score (nSPS) is 16.2. The number of hydrogen-bond acceptors (Lipinski definition) is 11. The quantitative estimate of drug-likeness (QED) is 0.0312. The van der Waals surface area contributed by atoms with Gasteiger partial charge in [0.05, 0.1) is 11.7 Å². The summed E-state index contributed by atoms with van der Waals surface area (Å²) in [5, 5.41) is 23.5. The van der Waals surface area contributed by atoms with Crippen LogP contribution in [0, 0.1) is 19.8 Å². The molecule has 3 N–H and O–H groups in total. The number of thiazole rings is 2. The summed E-state index contributed by atoms with van der Waals surface area (Å²) in [4.78, 5) is 64.8. The number of aromatic nitrogens is 2. The van der Waals surface area contributed by atoms with Gasteiger partial charge < -0.3 is 20.6 Å². The number of nitrogens with one attached hydrogen (secondary N) is 2. The molecule has 0 spiro atoms. The van der Waals surface area contributed by atoms with Gasteiger partial charge in [0, 0.05) is 38.3 Å². The van der Waals surface area contributed by atoms with Crippen molar-refractivity contribution in [3.05, 3.63) is 318 Å². The second-order valence-electron chi connectivity index (χ2n) is 20.5. The van der Waals surface area contributed by atoms with E-state index in [9.17, 15) is 9.90 Å². The summed E-state index contributed by atoms with van der Waals surface area (Å²) in [6.07, 6.45) is 0.280. The van der Waals surface area contributed by atoms with E-state index in [1.54, 1.807) is 0 Å². The van der Waals surface area contributed by atoms with Gasteiger partial charge in [-0.3, -0.25) is 14.5 Å².